The Kier molecular flexibility index (Phi) is 3.67. The highest BCUT2D eigenvalue weighted by molar-refractivity contribution is 5.92. The summed E-state index contributed by atoms with van der Waals surface area (Å²) in [5, 5.41) is 2.51. The van der Waals surface area contributed by atoms with Crippen LogP contribution in [0.5, 0.6) is 0 Å². The van der Waals surface area contributed by atoms with Crippen molar-refractivity contribution in [1.82, 2.24) is 0 Å². The van der Waals surface area contributed by atoms with E-state index in [4.69, 9.17) is 0 Å². The van der Waals surface area contributed by atoms with Crippen molar-refractivity contribution in [2.75, 3.05) is 5.32 Å². The minimum atomic E-state index is -0.979. The smallest absolute Gasteiger partial charge is 0.228 e. The summed E-state index contributed by atoms with van der Waals surface area (Å²) in [7, 11) is 0. The zero-order valence-electron chi connectivity index (χ0n) is 9.49. The normalized spacial score (nSPS) is 10.1. The van der Waals surface area contributed by atoms with Crippen molar-refractivity contribution < 1.29 is 13.6 Å². The Hall–Kier alpha value is -2.23. The second-order valence-corrected chi connectivity index (χ2v) is 3.84. The first-order valence-electron chi connectivity index (χ1n) is 5.44. The molecule has 0 aliphatic rings. The third kappa shape index (κ3) is 3.13. The van der Waals surface area contributed by atoms with Gasteiger partial charge in [-0.15, -0.1) is 0 Å². The molecule has 4 heteroatoms. The maximum atomic E-state index is 12.9. The van der Waals surface area contributed by atoms with Crippen LogP contribution in [0.1, 0.15) is 5.56 Å². The number of carbonyl (C=O) groups excluding carboxylic acids is 1. The van der Waals surface area contributed by atoms with E-state index in [1.807, 2.05) is 30.3 Å². The summed E-state index contributed by atoms with van der Waals surface area (Å²) in [6.07, 6.45) is 0.194. The number of rotatable bonds is 3. The van der Waals surface area contributed by atoms with Gasteiger partial charge in [0.25, 0.3) is 0 Å². The lowest BCUT2D eigenvalue weighted by atomic mass is 10.1. The number of anilines is 1. The van der Waals surface area contributed by atoms with Gasteiger partial charge in [-0.1, -0.05) is 30.3 Å². The second-order valence-electron chi connectivity index (χ2n) is 3.84. The van der Waals surface area contributed by atoms with E-state index < -0.39 is 11.6 Å². The molecule has 0 bridgehead atoms. The molecule has 2 aromatic carbocycles. The maximum Gasteiger partial charge on any atom is 0.228 e. The van der Waals surface area contributed by atoms with E-state index >= 15 is 0 Å². The highest BCUT2D eigenvalue weighted by Gasteiger charge is 2.06. The predicted molar refractivity (Wildman–Crippen MR) is 65.1 cm³/mol. The second kappa shape index (κ2) is 5.40. The standard InChI is InChI=1S/C14H11F2NO/c15-12-7-6-11(9-13(12)16)17-14(18)8-10-4-2-1-3-5-10/h1-7,9H,8H2,(H,17,18). The summed E-state index contributed by atoms with van der Waals surface area (Å²) in [6.45, 7) is 0. The fourth-order valence-corrected chi connectivity index (χ4v) is 1.56. The van der Waals surface area contributed by atoms with Crippen LogP contribution in [0.3, 0.4) is 0 Å². The largest absolute Gasteiger partial charge is 0.326 e. The van der Waals surface area contributed by atoms with Gasteiger partial charge in [0.1, 0.15) is 0 Å². The Labute approximate surface area is 103 Å². The molecule has 1 amide bonds. The molecule has 0 saturated heterocycles. The first-order chi connectivity index (χ1) is 8.65. The quantitative estimate of drug-likeness (QED) is 0.886. The van der Waals surface area contributed by atoms with Gasteiger partial charge in [-0.3, -0.25) is 4.79 Å². The Bertz CT molecular complexity index is 555. The molecule has 0 spiro atoms. The van der Waals surface area contributed by atoms with Crippen LogP contribution in [0, 0.1) is 11.6 Å². The minimum absolute atomic E-state index is 0.194. The molecule has 92 valence electrons. The van der Waals surface area contributed by atoms with Crippen LogP contribution in [0.4, 0.5) is 14.5 Å². The number of nitrogens with one attached hydrogen (secondary N) is 1. The minimum Gasteiger partial charge on any atom is -0.326 e. The lowest BCUT2D eigenvalue weighted by Gasteiger charge is -2.05. The topological polar surface area (TPSA) is 29.1 Å². The van der Waals surface area contributed by atoms with Crippen LogP contribution in [0.2, 0.25) is 0 Å². The van der Waals surface area contributed by atoms with Gasteiger partial charge in [-0.2, -0.15) is 0 Å². The Morgan fingerprint density at radius 1 is 1.00 bits per heavy atom. The van der Waals surface area contributed by atoms with Crippen molar-refractivity contribution in [1.29, 1.82) is 0 Å². The molecule has 1 N–H and O–H groups in total. The molecule has 0 radical (unpaired) electrons. The molecule has 2 nitrogen and oxygen atoms in total. The number of benzene rings is 2. The fourth-order valence-electron chi connectivity index (χ4n) is 1.56. The zero-order valence-corrected chi connectivity index (χ0v) is 9.49. The van der Waals surface area contributed by atoms with E-state index in [-0.39, 0.29) is 18.0 Å². The van der Waals surface area contributed by atoms with Crippen molar-refractivity contribution in [2.45, 2.75) is 6.42 Å². The molecule has 0 unspecified atom stereocenters. The molecule has 0 atom stereocenters. The Morgan fingerprint density at radius 2 is 1.72 bits per heavy atom. The molecular weight excluding hydrogens is 236 g/mol. The van der Waals surface area contributed by atoms with Crippen molar-refractivity contribution in [3.8, 4) is 0 Å². The van der Waals surface area contributed by atoms with E-state index in [0.717, 1.165) is 17.7 Å². The van der Waals surface area contributed by atoms with Crippen molar-refractivity contribution in [3.05, 3.63) is 65.7 Å². The maximum absolute atomic E-state index is 12.9. The molecule has 0 aromatic heterocycles. The van der Waals surface area contributed by atoms with E-state index in [1.165, 1.54) is 6.07 Å². The van der Waals surface area contributed by atoms with E-state index in [9.17, 15) is 13.6 Å². The van der Waals surface area contributed by atoms with Gasteiger partial charge in [0.05, 0.1) is 6.42 Å². The number of halogens is 2. The molecule has 0 saturated carbocycles. The van der Waals surface area contributed by atoms with Gasteiger partial charge in [-0.25, -0.2) is 8.78 Å². The molecule has 0 aliphatic heterocycles. The zero-order chi connectivity index (χ0) is 13.0. The number of hydrogen-bond donors (Lipinski definition) is 1. The van der Waals surface area contributed by atoms with E-state index in [0.29, 0.717) is 0 Å². The van der Waals surface area contributed by atoms with Crippen molar-refractivity contribution in [3.63, 3.8) is 0 Å². The fraction of sp³-hybridized carbons (Fsp3) is 0.0714. The highest BCUT2D eigenvalue weighted by Crippen LogP contribution is 2.13. The summed E-state index contributed by atoms with van der Waals surface area (Å²) in [4.78, 5) is 11.7. The summed E-state index contributed by atoms with van der Waals surface area (Å²) < 4.78 is 25.6. The predicted octanol–water partition coefficient (Wildman–Crippen LogP) is 3.15. The van der Waals surface area contributed by atoms with Crippen LogP contribution < -0.4 is 5.32 Å². The molecule has 2 rings (SSSR count). The van der Waals surface area contributed by atoms with Gasteiger partial charge in [0.2, 0.25) is 5.91 Å². The first-order valence-corrected chi connectivity index (χ1v) is 5.44. The molecule has 0 fully saturated rings. The number of amides is 1. The van der Waals surface area contributed by atoms with Crippen LogP contribution >= 0.6 is 0 Å². The molecule has 2 aromatic rings. The van der Waals surface area contributed by atoms with E-state index in [1.54, 1.807) is 0 Å². The highest BCUT2D eigenvalue weighted by atomic mass is 19.2. The molecule has 18 heavy (non-hydrogen) atoms. The van der Waals surface area contributed by atoms with E-state index in [2.05, 4.69) is 5.32 Å². The first kappa shape index (κ1) is 12.2. The summed E-state index contributed by atoms with van der Waals surface area (Å²) in [5.74, 6) is -2.18. The SMILES string of the molecule is O=C(Cc1ccccc1)Nc1ccc(F)c(F)c1. The van der Waals surface area contributed by atoms with Crippen molar-refractivity contribution in [2.24, 2.45) is 0 Å². The van der Waals surface area contributed by atoms with Crippen LogP contribution in [-0.4, -0.2) is 5.91 Å². The number of hydrogen-bond acceptors (Lipinski definition) is 1. The summed E-state index contributed by atoms with van der Waals surface area (Å²) in [5.41, 5.74) is 1.10. The summed E-state index contributed by atoms with van der Waals surface area (Å²) in [6, 6.07) is 12.4. The van der Waals surface area contributed by atoms with Crippen molar-refractivity contribution >= 4 is 11.6 Å². The monoisotopic (exact) mass is 247 g/mol. The molecule has 0 aliphatic carbocycles. The number of carbonyl (C=O) groups is 1. The Morgan fingerprint density at radius 3 is 2.39 bits per heavy atom. The lowest BCUT2D eigenvalue weighted by Crippen LogP contribution is -2.14. The third-order valence-corrected chi connectivity index (χ3v) is 2.41. The molecule has 0 heterocycles. The third-order valence-electron chi connectivity index (χ3n) is 2.41. The molecular formula is C14H11F2NO. The Balaban J connectivity index is 2.01. The van der Waals surface area contributed by atoms with Crippen LogP contribution in [0.15, 0.2) is 48.5 Å². The van der Waals surface area contributed by atoms with Gasteiger partial charge in [0.15, 0.2) is 11.6 Å². The van der Waals surface area contributed by atoms with Gasteiger partial charge < -0.3 is 5.32 Å². The average molecular weight is 247 g/mol. The van der Waals surface area contributed by atoms with Gasteiger partial charge in [-0.05, 0) is 17.7 Å². The van der Waals surface area contributed by atoms with Crippen LogP contribution in [-0.2, 0) is 11.2 Å². The van der Waals surface area contributed by atoms with Gasteiger partial charge >= 0.3 is 0 Å². The van der Waals surface area contributed by atoms with Crippen LogP contribution in [0.25, 0.3) is 0 Å². The van der Waals surface area contributed by atoms with Gasteiger partial charge in [0, 0.05) is 11.8 Å². The average Bonchev–Trinajstić information content (AvgIpc) is 2.35. The summed E-state index contributed by atoms with van der Waals surface area (Å²) >= 11 is 0. The lowest BCUT2D eigenvalue weighted by molar-refractivity contribution is -0.115.